The fraction of sp³-hybridized carbons (Fsp3) is 0.611. The van der Waals surface area contributed by atoms with E-state index >= 15 is 0 Å². The van der Waals surface area contributed by atoms with Crippen molar-refractivity contribution < 1.29 is 4.79 Å². The molecule has 0 aliphatic carbocycles. The van der Waals surface area contributed by atoms with Gasteiger partial charge in [0.1, 0.15) is 0 Å². The topological polar surface area (TPSA) is 44.4 Å². The number of benzene rings is 1. The number of unbranched alkanes of at least 4 members (excludes halogenated alkanes) is 3. The molecule has 1 fully saturated rings. The number of hydrogen-bond acceptors (Lipinski definition) is 3. The van der Waals surface area contributed by atoms with Gasteiger partial charge in [-0.2, -0.15) is 0 Å². The zero-order valence-electron chi connectivity index (χ0n) is 13.7. The second-order valence-corrected chi connectivity index (χ2v) is 6.04. The van der Waals surface area contributed by atoms with Crippen molar-refractivity contribution in [2.75, 3.05) is 32.7 Å². The number of amides is 1. The lowest BCUT2D eigenvalue weighted by atomic mass is 10.1. The van der Waals surface area contributed by atoms with Gasteiger partial charge in [0.05, 0.1) is 0 Å². The first-order chi connectivity index (χ1) is 10.8. The number of rotatable bonds is 8. The molecule has 1 aliphatic rings. The van der Waals surface area contributed by atoms with Crippen LogP contribution in [0.4, 0.5) is 0 Å². The molecule has 22 heavy (non-hydrogen) atoms. The Bertz CT molecular complexity index is 438. The molecule has 1 aromatic rings. The second-order valence-electron chi connectivity index (χ2n) is 6.04. The first-order valence-corrected chi connectivity index (χ1v) is 8.60. The Balaban J connectivity index is 1.74. The molecule has 4 nitrogen and oxygen atoms in total. The lowest BCUT2D eigenvalue weighted by molar-refractivity contribution is 0.0953. The van der Waals surface area contributed by atoms with E-state index in [0.29, 0.717) is 0 Å². The van der Waals surface area contributed by atoms with Gasteiger partial charge < -0.3 is 10.6 Å². The van der Waals surface area contributed by atoms with Gasteiger partial charge >= 0.3 is 0 Å². The minimum atomic E-state index is 0.0465. The van der Waals surface area contributed by atoms with Crippen molar-refractivity contribution in [1.82, 2.24) is 15.5 Å². The summed E-state index contributed by atoms with van der Waals surface area (Å²) in [6.07, 6.45) is 4.74. The number of carbonyl (C=O) groups is 1. The quantitative estimate of drug-likeness (QED) is 0.725. The Hall–Kier alpha value is -1.39. The van der Waals surface area contributed by atoms with E-state index in [1.807, 2.05) is 12.1 Å². The van der Waals surface area contributed by atoms with E-state index in [0.717, 1.165) is 51.3 Å². The highest BCUT2D eigenvalue weighted by molar-refractivity contribution is 5.94. The van der Waals surface area contributed by atoms with Crippen LogP contribution in [0.1, 0.15) is 48.5 Å². The van der Waals surface area contributed by atoms with Crippen LogP contribution in [0.25, 0.3) is 0 Å². The van der Waals surface area contributed by atoms with Crippen LogP contribution in [0.5, 0.6) is 0 Å². The van der Waals surface area contributed by atoms with E-state index in [9.17, 15) is 4.79 Å². The van der Waals surface area contributed by atoms with Crippen LogP contribution in [-0.4, -0.2) is 43.5 Å². The molecule has 0 radical (unpaired) electrons. The molecule has 2 N–H and O–H groups in total. The predicted octanol–water partition coefficient (Wildman–Crippen LogP) is 2.40. The molecule has 4 heteroatoms. The van der Waals surface area contributed by atoms with Crippen LogP contribution in [0.3, 0.4) is 0 Å². The van der Waals surface area contributed by atoms with Crippen LogP contribution in [0.15, 0.2) is 24.3 Å². The first kappa shape index (κ1) is 17.0. The number of piperazine rings is 1. The van der Waals surface area contributed by atoms with Crippen LogP contribution in [-0.2, 0) is 6.54 Å². The van der Waals surface area contributed by atoms with Gasteiger partial charge in [0, 0.05) is 44.8 Å². The minimum Gasteiger partial charge on any atom is -0.352 e. The van der Waals surface area contributed by atoms with Crippen molar-refractivity contribution in [2.24, 2.45) is 0 Å². The molecule has 0 saturated carbocycles. The van der Waals surface area contributed by atoms with E-state index in [1.165, 1.54) is 24.8 Å². The van der Waals surface area contributed by atoms with Gasteiger partial charge in [-0.1, -0.05) is 38.3 Å². The van der Waals surface area contributed by atoms with Crippen molar-refractivity contribution in [2.45, 2.75) is 39.2 Å². The monoisotopic (exact) mass is 303 g/mol. The summed E-state index contributed by atoms with van der Waals surface area (Å²) in [7, 11) is 0. The second kappa shape index (κ2) is 9.59. The van der Waals surface area contributed by atoms with Gasteiger partial charge in [-0.25, -0.2) is 0 Å². The van der Waals surface area contributed by atoms with Crippen molar-refractivity contribution in [1.29, 1.82) is 0 Å². The van der Waals surface area contributed by atoms with Crippen LogP contribution >= 0.6 is 0 Å². The molecule has 0 spiro atoms. The zero-order valence-corrected chi connectivity index (χ0v) is 13.7. The average Bonchev–Trinajstić information content (AvgIpc) is 2.56. The maximum Gasteiger partial charge on any atom is 0.251 e. The van der Waals surface area contributed by atoms with Gasteiger partial charge in [-0.05, 0) is 24.1 Å². The summed E-state index contributed by atoms with van der Waals surface area (Å²) in [5, 5.41) is 6.36. The summed E-state index contributed by atoms with van der Waals surface area (Å²) >= 11 is 0. The molecule has 0 atom stereocenters. The molecule has 0 aromatic heterocycles. The summed E-state index contributed by atoms with van der Waals surface area (Å²) < 4.78 is 0. The molecule has 0 bridgehead atoms. The van der Waals surface area contributed by atoms with Crippen molar-refractivity contribution in [3.63, 3.8) is 0 Å². The number of hydrogen-bond donors (Lipinski definition) is 2. The third kappa shape index (κ3) is 5.78. The van der Waals surface area contributed by atoms with E-state index < -0.39 is 0 Å². The van der Waals surface area contributed by atoms with E-state index in [2.05, 4.69) is 34.6 Å². The number of nitrogens with zero attached hydrogens (tertiary/aromatic N) is 1. The lowest BCUT2D eigenvalue weighted by Gasteiger charge is -2.27. The summed E-state index contributed by atoms with van der Waals surface area (Å²) in [6.45, 7) is 8.28. The number of nitrogens with one attached hydrogen (secondary N) is 2. The van der Waals surface area contributed by atoms with Gasteiger partial charge in [0.25, 0.3) is 5.91 Å². The Labute approximate surface area is 134 Å². The van der Waals surface area contributed by atoms with E-state index in [1.54, 1.807) is 0 Å². The Morgan fingerprint density at radius 2 is 1.86 bits per heavy atom. The van der Waals surface area contributed by atoms with Gasteiger partial charge in [0.2, 0.25) is 0 Å². The molecular weight excluding hydrogens is 274 g/mol. The molecule has 0 unspecified atom stereocenters. The van der Waals surface area contributed by atoms with Crippen molar-refractivity contribution >= 4 is 5.91 Å². The molecule has 1 amide bonds. The Morgan fingerprint density at radius 3 is 2.55 bits per heavy atom. The van der Waals surface area contributed by atoms with Crippen LogP contribution < -0.4 is 10.6 Å². The first-order valence-electron chi connectivity index (χ1n) is 8.60. The Kier molecular flexibility index (Phi) is 7.40. The van der Waals surface area contributed by atoms with Gasteiger partial charge in [-0.3, -0.25) is 9.69 Å². The zero-order chi connectivity index (χ0) is 15.6. The SMILES string of the molecule is CCCCCCNC(=O)c1ccc(CN2CCNCC2)cc1. The molecule has 1 saturated heterocycles. The van der Waals surface area contributed by atoms with Crippen molar-refractivity contribution in [3.8, 4) is 0 Å². The largest absolute Gasteiger partial charge is 0.352 e. The smallest absolute Gasteiger partial charge is 0.251 e. The minimum absolute atomic E-state index is 0.0465. The normalized spacial score (nSPS) is 15.7. The van der Waals surface area contributed by atoms with Crippen LogP contribution in [0, 0.1) is 0 Å². The maximum absolute atomic E-state index is 12.0. The summed E-state index contributed by atoms with van der Waals surface area (Å²) in [5.74, 6) is 0.0465. The van der Waals surface area contributed by atoms with E-state index in [-0.39, 0.29) is 5.91 Å². The Morgan fingerprint density at radius 1 is 1.14 bits per heavy atom. The lowest BCUT2D eigenvalue weighted by Crippen LogP contribution is -2.42. The number of carbonyl (C=O) groups excluding carboxylic acids is 1. The van der Waals surface area contributed by atoms with Crippen LogP contribution in [0.2, 0.25) is 0 Å². The molecule has 1 aliphatic heterocycles. The van der Waals surface area contributed by atoms with E-state index in [4.69, 9.17) is 0 Å². The highest BCUT2D eigenvalue weighted by Gasteiger charge is 2.10. The van der Waals surface area contributed by atoms with Gasteiger partial charge in [-0.15, -0.1) is 0 Å². The summed E-state index contributed by atoms with van der Waals surface area (Å²) in [4.78, 5) is 14.5. The summed E-state index contributed by atoms with van der Waals surface area (Å²) in [6, 6.07) is 8.04. The fourth-order valence-corrected chi connectivity index (χ4v) is 2.74. The molecule has 2 rings (SSSR count). The molecular formula is C18H29N3O. The average molecular weight is 303 g/mol. The molecule has 122 valence electrons. The highest BCUT2D eigenvalue weighted by Crippen LogP contribution is 2.08. The van der Waals surface area contributed by atoms with Gasteiger partial charge in [0.15, 0.2) is 0 Å². The standard InChI is InChI=1S/C18H29N3O/c1-2-3-4-5-10-20-18(22)17-8-6-16(7-9-17)15-21-13-11-19-12-14-21/h6-9,19H,2-5,10-15H2,1H3,(H,20,22). The maximum atomic E-state index is 12.0. The van der Waals surface area contributed by atoms with Crippen molar-refractivity contribution in [3.05, 3.63) is 35.4 Å². The highest BCUT2D eigenvalue weighted by atomic mass is 16.1. The third-order valence-corrected chi connectivity index (χ3v) is 4.15. The molecule has 1 heterocycles. The predicted molar refractivity (Wildman–Crippen MR) is 91.1 cm³/mol. The molecule has 1 aromatic carbocycles. The third-order valence-electron chi connectivity index (χ3n) is 4.15. The summed E-state index contributed by atoms with van der Waals surface area (Å²) in [5.41, 5.74) is 2.04. The fourth-order valence-electron chi connectivity index (χ4n) is 2.74.